The number of ether oxygens (including phenoxy) is 7. The molecule has 3 aliphatic heterocycles. The first-order valence-corrected chi connectivity index (χ1v) is 16.6. The van der Waals surface area contributed by atoms with Gasteiger partial charge in [-0.15, -0.1) is 0 Å². The lowest BCUT2D eigenvalue weighted by molar-refractivity contribution is -0.385. The van der Waals surface area contributed by atoms with Crippen LogP contribution >= 0.6 is 0 Å². The van der Waals surface area contributed by atoms with Crippen LogP contribution in [0.5, 0.6) is 23.0 Å². The van der Waals surface area contributed by atoms with Gasteiger partial charge in [0.2, 0.25) is 0 Å². The van der Waals surface area contributed by atoms with E-state index in [-0.39, 0.29) is 30.1 Å². The number of hydrogen-bond acceptors (Lipinski definition) is 19. The number of phenols is 4. The molecule has 14 atom stereocenters. The van der Waals surface area contributed by atoms with E-state index in [0.29, 0.717) is 5.56 Å². The summed E-state index contributed by atoms with van der Waals surface area (Å²) >= 11 is 0. The van der Waals surface area contributed by atoms with Crippen LogP contribution in [-0.4, -0.2) is 168 Å². The fraction of sp³-hybridized carbons (Fsp3) is 0.559. The second-order valence-corrected chi connectivity index (χ2v) is 12.8. The number of esters is 1. The molecule has 0 spiro atoms. The topological polar surface area (TPSA) is 304 Å². The van der Waals surface area contributed by atoms with Crippen LogP contribution in [-0.2, 0) is 44.4 Å². The molecule has 0 aliphatic carbocycles. The Hall–Kier alpha value is -3.67. The zero-order chi connectivity index (χ0) is 38.6. The van der Waals surface area contributed by atoms with Crippen molar-refractivity contribution in [2.75, 3.05) is 19.8 Å². The Morgan fingerprint density at radius 1 is 0.755 bits per heavy atom. The molecule has 19 nitrogen and oxygen atoms in total. The monoisotopic (exact) mass is 756 g/mol. The summed E-state index contributed by atoms with van der Waals surface area (Å²) in [6, 6.07) is 7.81. The van der Waals surface area contributed by atoms with Crippen molar-refractivity contribution < 1.29 is 94.1 Å². The molecule has 3 fully saturated rings. The summed E-state index contributed by atoms with van der Waals surface area (Å²) in [7, 11) is 0. The number of rotatable bonds is 12. The molecule has 0 radical (unpaired) electrons. The Bertz CT molecular complexity index is 1560. The third-order valence-corrected chi connectivity index (χ3v) is 8.99. The normalized spacial score (nSPS) is 36.4. The number of carbonyl (C=O) groups excluding carboxylic acids is 1. The zero-order valence-electron chi connectivity index (χ0n) is 28.2. The lowest BCUT2D eigenvalue weighted by Gasteiger charge is -2.49. The first-order valence-electron chi connectivity index (χ1n) is 16.6. The number of benzene rings is 2. The third kappa shape index (κ3) is 9.53. The van der Waals surface area contributed by atoms with Gasteiger partial charge in [-0.2, -0.15) is 0 Å². The lowest BCUT2D eigenvalue weighted by atomic mass is 9.96. The maximum absolute atomic E-state index is 13.2. The minimum absolute atomic E-state index is 0.116. The molecule has 11 N–H and O–H groups in total. The predicted molar refractivity (Wildman–Crippen MR) is 174 cm³/mol. The number of phenolic OH excluding ortho intramolecular Hbond substituents is 4. The van der Waals surface area contributed by atoms with Crippen LogP contribution in [0.4, 0.5) is 0 Å². The Balaban J connectivity index is 1.48. The van der Waals surface area contributed by atoms with Crippen molar-refractivity contribution in [2.45, 2.75) is 99.4 Å². The van der Waals surface area contributed by atoms with Crippen LogP contribution in [0.2, 0.25) is 0 Å². The highest BCUT2D eigenvalue weighted by Crippen LogP contribution is 2.35. The van der Waals surface area contributed by atoms with Gasteiger partial charge in [0, 0.05) is 6.08 Å². The van der Waals surface area contributed by atoms with Gasteiger partial charge in [0.25, 0.3) is 0 Å². The van der Waals surface area contributed by atoms with E-state index in [1.165, 1.54) is 49.4 Å². The van der Waals surface area contributed by atoms with Gasteiger partial charge in [-0.05, 0) is 54.8 Å². The van der Waals surface area contributed by atoms with E-state index in [2.05, 4.69) is 0 Å². The molecule has 0 bridgehead atoms. The van der Waals surface area contributed by atoms with Gasteiger partial charge in [0.1, 0.15) is 54.9 Å². The maximum Gasteiger partial charge on any atom is 0.331 e. The minimum atomic E-state index is -1.88. The molecule has 2 aromatic rings. The van der Waals surface area contributed by atoms with Crippen LogP contribution < -0.4 is 0 Å². The summed E-state index contributed by atoms with van der Waals surface area (Å²) in [5.41, 5.74) is 0.800. The SMILES string of the molecule is C[C@@H]1O[C@@H](O[C@@H]2[C@@H](O[C@@H]3OC[C@H](O)[C@H](O)[C@H]3O)[C@H](OCCc3ccc(O)c(O)c3)O[C@H](CO)[C@H]2OC(=O)C=Cc2ccc(O)c(O)c2)[C@H](O)[C@H](O)[C@H]1O. The highest BCUT2D eigenvalue weighted by molar-refractivity contribution is 5.87. The Morgan fingerprint density at radius 2 is 1.42 bits per heavy atom. The Labute approximate surface area is 302 Å². The van der Waals surface area contributed by atoms with Crippen LogP contribution in [0, 0.1) is 0 Å². The van der Waals surface area contributed by atoms with Crippen LogP contribution in [0.15, 0.2) is 42.5 Å². The van der Waals surface area contributed by atoms with E-state index < -0.39 is 117 Å². The summed E-state index contributed by atoms with van der Waals surface area (Å²) in [4.78, 5) is 13.2. The first kappa shape index (κ1) is 40.5. The summed E-state index contributed by atoms with van der Waals surface area (Å²) in [5.74, 6) is -2.64. The van der Waals surface area contributed by atoms with Crippen molar-refractivity contribution in [1.82, 2.24) is 0 Å². The van der Waals surface area contributed by atoms with Crippen molar-refractivity contribution in [3.63, 3.8) is 0 Å². The number of hydrogen-bond donors (Lipinski definition) is 11. The molecular formula is C34H44O19. The number of carbonyl (C=O) groups is 1. The largest absolute Gasteiger partial charge is 0.504 e. The van der Waals surface area contributed by atoms with E-state index in [9.17, 15) is 61.0 Å². The molecule has 3 heterocycles. The maximum atomic E-state index is 13.2. The molecule has 3 aliphatic rings. The van der Waals surface area contributed by atoms with Crippen LogP contribution in [0.1, 0.15) is 18.1 Å². The molecule has 294 valence electrons. The van der Waals surface area contributed by atoms with Crippen LogP contribution in [0.25, 0.3) is 6.08 Å². The molecule has 53 heavy (non-hydrogen) atoms. The highest BCUT2D eigenvalue weighted by atomic mass is 16.8. The lowest BCUT2D eigenvalue weighted by Crippen LogP contribution is -2.67. The van der Waals surface area contributed by atoms with Crippen LogP contribution in [0.3, 0.4) is 0 Å². The summed E-state index contributed by atoms with van der Waals surface area (Å²) in [6.45, 7) is -0.101. The molecular weight excluding hydrogens is 712 g/mol. The number of aromatic hydroxyl groups is 4. The summed E-state index contributed by atoms with van der Waals surface area (Å²) in [5, 5.41) is 112. The van der Waals surface area contributed by atoms with Crippen molar-refractivity contribution in [3.05, 3.63) is 53.6 Å². The molecule has 0 aromatic heterocycles. The molecule has 0 saturated carbocycles. The molecule has 5 rings (SSSR count). The highest BCUT2D eigenvalue weighted by Gasteiger charge is 2.55. The van der Waals surface area contributed by atoms with Gasteiger partial charge in [-0.3, -0.25) is 0 Å². The van der Waals surface area contributed by atoms with E-state index >= 15 is 0 Å². The molecule has 0 amide bonds. The fourth-order valence-electron chi connectivity index (χ4n) is 5.93. The first-order chi connectivity index (χ1) is 25.2. The van der Waals surface area contributed by atoms with Gasteiger partial charge in [0.05, 0.1) is 25.9 Å². The van der Waals surface area contributed by atoms with Crippen molar-refractivity contribution in [2.24, 2.45) is 0 Å². The molecule has 19 heteroatoms. The number of aliphatic hydroxyl groups is 7. The summed E-state index contributed by atoms with van der Waals surface area (Å²) in [6.07, 6.45) is -20.4. The molecule has 3 saturated heterocycles. The van der Waals surface area contributed by atoms with E-state index in [1.54, 1.807) is 0 Å². The third-order valence-electron chi connectivity index (χ3n) is 8.99. The smallest absolute Gasteiger partial charge is 0.331 e. The van der Waals surface area contributed by atoms with Gasteiger partial charge >= 0.3 is 5.97 Å². The Kier molecular flexibility index (Phi) is 13.5. The van der Waals surface area contributed by atoms with Crippen molar-refractivity contribution >= 4 is 12.0 Å². The quantitative estimate of drug-likeness (QED) is 0.0603. The minimum Gasteiger partial charge on any atom is -0.504 e. The average Bonchev–Trinajstić information content (AvgIpc) is 3.13. The molecule has 0 unspecified atom stereocenters. The average molecular weight is 757 g/mol. The van der Waals surface area contributed by atoms with E-state index in [0.717, 1.165) is 6.08 Å². The Morgan fingerprint density at radius 3 is 2.09 bits per heavy atom. The number of aliphatic hydroxyl groups excluding tert-OH is 7. The standard InChI is InChI=1S/C34H44O19/c1-14-24(42)26(44)28(46)33(49-14)52-30-29(51-23(41)7-4-15-2-5-17(36)19(38)10-15)22(12-35)50-34(47-9-8-16-3-6-18(37)20(39)11-16)31(30)53-32-27(45)25(43)21(40)13-48-32/h2-7,10-11,14,21-22,24-40,42-46H,8-9,12-13H2,1H3/t14-,21-,22+,24-,25-,26+,27+,28+,29+,30-,31+,32-,33-,34+/m0/s1. The second kappa shape index (κ2) is 17.6. The zero-order valence-corrected chi connectivity index (χ0v) is 28.2. The van der Waals surface area contributed by atoms with Gasteiger partial charge < -0.3 is 89.3 Å². The van der Waals surface area contributed by atoms with Gasteiger partial charge in [-0.25, -0.2) is 4.79 Å². The summed E-state index contributed by atoms with van der Waals surface area (Å²) < 4.78 is 40.9. The van der Waals surface area contributed by atoms with E-state index in [4.69, 9.17) is 33.2 Å². The van der Waals surface area contributed by atoms with Gasteiger partial charge in [0.15, 0.2) is 48.0 Å². The van der Waals surface area contributed by atoms with Crippen molar-refractivity contribution in [3.8, 4) is 23.0 Å². The fourth-order valence-corrected chi connectivity index (χ4v) is 5.93. The second-order valence-electron chi connectivity index (χ2n) is 12.8. The predicted octanol–water partition coefficient (Wildman–Crippen LogP) is -2.55. The molecule has 2 aromatic carbocycles. The van der Waals surface area contributed by atoms with E-state index in [1.807, 2.05) is 0 Å². The van der Waals surface area contributed by atoms with Crippen molar-refractivity contribution in [1.29, 1.82) is 0 Å². The van der Waals surface area contributed by atoms with Gasteiger partial charge in [-0.1, -0.05) is 12.1 Å².